The summed E-state index contributed by atoms with van der Waals surface area (Å²) in [5.74, 6) is 0. The minimum Gasteiger partial charge on any atom is -0.0569 e. The van der Waals surface area contributed by atoms with Gasteiger partial charge in [-0.3, -0.25) is 0 Å². The van der Waals surface area contributed by atoms with Crippen molar-refractivity contribution in [2.75, 3.05) is 0 Å². The summed E-state index contributed by atoms with van der Waals surface area (Å²) in [5.41, 5.74) is 0. The average Bonchev–Trinajstić information content (AvgIpc) is 2.63. The minimum atomic E-state index is -11.2. The van der Waals surface area contributed by atoms with Crippen molar-refractivity contribution in [1.82, 2.24) is 0 Å². The van der Waals surface area contributed by atoms with Crippen molar-refractivity contribution in [1.29, 1.82) is 0 Å². The molecule has 0 N–H and O–H groups in total. The second kappa shape index (κ2) is 8.72. The van der Waals surface area contributed by atoms with Crippen LogP contribution in [0.4, 0.5) is 33.8 Å². The fourth-order valence-corrected chi connectivity index (χ4v) is 11.7. The van der Waals surface area contributed by atoms with Gasteiger partial charge in [0.25, 0.3) is 0 Å². The molecule has 1 fully saturated rings. The summed E-state index contributed by atoms with van der Waals surface area (Å²) in [6, 6.07) is 18.8. The van der Waals surface area contributed by atoms with Gasteiger partial charge in [-0.1, -0.05) is 37.1 Å². The summed E-state index contributed by atoms with van der Waals surface area (Å²) in [5, 5.41) is 1.85. The van der Waals surface area contributed by atoms with Gasteiger partial charge in [0.1, 0.15) is 0 Å². The zero-order valence-corrected chi connectivity index (χ0v) is 25.0. The molecule has 208 valence electrons. The maximum atomic E-state index is 9.93. The van der Waals surface area contributed by atoms with Gasteiger partial charge >= 0.3 is 72.7 Å². The van der Waals surface area contributed by atoms with Crippen LogP contribution in [0.1, 0.15) is 38.5 Å². The normalized spacial score (nSPS) is 28.8. The molecule has 16 heteroatoms. The maximum Gasteiger partial charge on any atom is 0.216 e. The van der Waals surface area contributed by atoms with E-state index < -0.39 is 39.0 Å². The molecule has 2 unspecified atom stereocenters. The van der Waals surface area contributed by atoms with Crippen LogP contribution in [0, 0.1) is 0 Å². The quantitative estimate of drug-likeness (QED) is 0.142. The van der Waals surface area contributed by atoms with Crippen molar-refractivity contribution in [2.45, 2.75) is 68.6 Å². The third-order valence-electron chi connectivity index (χ3n) is 5.39. The largest absolute Gasteiger partial charge is 0.216 e. The molecule has 0 nitrogen and oxygen atoms in total. The third kappa shape index (κ3) is 10.6. The molecule has 2 aromatic carbocycles. The maximum absolute atomic E-state index is 11.2. The molecule has 0 radical (unpaired) electrons. The smallest absolute Gasteiger partial charge is 0.0569 e. The summed E-state index contributed by atoms with van der Waals surface area (Å²) >= 11 is -22.5. The van der Waals surface area contributed by atoms with Gasteiger partial charge in [0.2, 0.25) is 19.6 Å². The van der Waals surface area contributed by atoms with Crippen LogP contribution in [-0.2, 0) is 21.8 Å². The molecule has 0 aromatic heterocycles. The van der Waals surface area contributed by atoms with Crippen LogP contribution in [-0.4, -0.2) is 49.5 Å². The van der Waals surface area contributed by atoms with Crippen molar-refractivity contribution in [3.8, 4) is 0 Å². The molecular formula is C20H22F12S2Sb2. The van der Waals surface area contributed by atoms with E-state index in [1.165, 1.54) is 38.5 Å². The first-order valence-electron chi connectivity index (χ1n) is 10.6. The standard InChI is InChI=1S/C20H22S2.12FH.2Sb/c1-2-4-10-16-15(9-3-1)21-17-11-5-7-13-19(17)22(16)20-14-8-6-12-18(20)21;;;;;;;;;;;;;;/h5-8,11-16H,1-4,9-10H2;12*1H;;/q+2;;;;;;;;;;;;;2*+5/p-12. The van der Waals surface area contributed by atoms with Crippen LogP contribution in [0.5, 0.6) is 0 Å². The molecular weight excluding hydrogens is 776 g/mol. The molecule has 3 aliphatic heterocycles. The molecule has 36 heavy (non-hydrogen) atoms. The van der Waals surface area contributed by atoms with E-state index in [4.69, 9.17) is 0 Å². The number of hydrogen-bond donors (Lipinski definition) is 0. The van der Waals surface area contributed by atoms with Crippen LogP contribution in [0.2, 0.25) is 0 Å². The van der Waals surface area contributed by atoms with E-state index in [9.17, 15) is 33.8 Å². The second-order valence-electron chi connectivity index (χ2n) is 8.55. The van der Waals surface area contributed by atoms with Crippen molar-refractivity contribution in [3.63, 3.8) is 0 Å². The van der Waals surface area contributed by atoms with Crippen LogP contribution in [0.15, 0.2) is 68.1 Å². The van der Waals surface area contributed by atoms with Crippen LogP contribution >= 0.6 is 0 Å². The summed E-state index contributed by atoms with van der Waals surface area (Å²) in [7, 11) is 0.672. The van der Waals surface area contributed by atoms with E-state index in [-0.39, 0.29) is 0 Å². The van der Waals surface area contributed by atoms with Gasteiger partial charge < -0.3 is 0 Å². The fraction of sp³-hybridized carbons (Fsp3) is 0.400. The van der Waals surface area contributed by atoms with E-state index in [2.05, 4.69) is 48.5 Å². The number of rotatable bonds is 0. The molecule has 0 spiro atoms. The summed E-state index contributed by atoms with van der Waals surface area (Å²) in [6.45, 7) is 0. The summed E-state index contributed by atoms with van der Waals surface area (Å²) in [4.78, 5) is 6.75. The van der Waals surface area contributed by atoms with Crippen molar-refractivity contribution in [3.05, 3.63) is 48.5 Å². The van der Waals surface area contributed by atoms with E-state index >= 15 is 0 Å². The first-order valence-corrected chi connectivity index (χ1v) is 24.8. The molecule has 2 bridgehead atoms. The Bertz CT molecular complexity index is 958. The van der Waals surface area contributed by atoms with Gasteiger partial charge in [-0.15, -0.1) is 0 Å². The topological polar surface area (TPSA) is 0 Å². The molecule has 2 aromatic rings. The Morgan fingerprint density at radius 2 is 0.667 bits per heavy atom. The van der Waals surface area contributed by atoms with Gasteiger partial charge in [-0.05, 0) is 37.1 Å². The minimum absolute atomic E-state index is 0.336. The molecule has 1 aliphatic carbocycles. The molecule has 1 saturated carbocycles. The van der Waals surface area contributed by atoms with Gasteiger partial charge in [-0.25, -0.2) is 0 Å². The zero-order chi connectivity index (χ0) is 27.3. The second-order valence-corrected chi connectivity index (χ2v) is 23.8. The third-order valence-corrected chi connectivity index (χ3v) is 11.5. The Labute approximate surface area is 210 Å². The van der Waals surface area contributed by atoms with E-state index in [0.29, 0.717) is 21.8 Å². The van der Waals surface area contributed by atoms with Gasteiger partial charge in [0.05, 0.1) is 21.8 Å². The Morgan fingerprint density at radius 1 is 0.444 bits per heavy atom. The Kier molecular flexibility index (Phi) is 7.38. The molecule has 6 rings (SSSR count). The Hall–Kier alpha value is -0.0636. The number of hydrogen-bond acceptors (Lipinski definition) is 0. The fourth-order valence-electron chi connectivity index (χ4n) is 4.47. The molecule has 0 amide bonds. The predicted octanol–water partition coefficient (Wildman–Crippen LogP) is 9.46. The average molecular weight is 798 g/mol. The van der Waals surface area contributed by atoms with Crippen molar-refractivity contribution >= 4 is 60.7 Å². The van der Waals surface area contributed by atoms with E-state index in [1.807, 2.05) is 0 Å². The first-order chi connectivity index (χ1) is 15.8. The molecule has 0 saturated heterocycles. The monoisotopic (exact) mass is 796 g/mol. The van der Waals surface area contributed by atoms with E-state index in [1.54, 1.807) is 19.6 Å². The first kappa shape index (κ1) is 30.5. The summed E-state index contributed by atoms with van der Waals surface area (Å²) in [6.07, 6.45) is 8.73. The van der Waals surface area contributed by atoms with E-state index in [0.717, 1.165) is 10.5 Å². The van der Waals surface area contributed by atoms with Gasteiger partial charge in [-0.2, -0.15) is 0 Å². The summed E-state index contributed by atoms with van der Waals surface area (Å²) < 4.78 is 119. The predicted molar refractivity (Wildman–Crippen MR) is 121 cm³/mol. The molecule has 2 atom stereocenters. The number of benzene rings is 2. The van der Waals surface area contributed by atoms with Crippen molar-refractivity contribution in [2.24, 2.45) is 0 Å². The van der Waals surface area contributed by atoms with Gasteiger partial charge in [0.15, 0.2) is 10.5 Å². The number of halogens is 12. The van der Waals surface area contributed by atoms with Crippen molar-refractivity contribution < 1.29 is 33.8 Å². The Morgan fingerprint density at radius 3 is 0.889 bits per heavy atom. The molecule has 4 aliphatic rings. The van der Waals surface area contributed by atoms with Crippen LogP contribution < -0.4 is 0 Å². The van der Waals surface area contributed by atoms with Crippen LogP contribution in [0.3, 0.4) is 0 Å². The van der Waals surface area contributed by atoms with Crippen LogP contribution in [0.25, 0.3) is 0 Å². The molecule has 3 heterocycles. The van der Waals surface area contributed by atoms with Gasteiger partial charge in [0, 0.05) is 12.8 Å². The SMILES string of the molecule is [F][Sb-]([F])([F])([F])([F])[F].[F][Sb-]([F])([F])([F])([F])[F].c1ccc2c(c1)[S+]1c3ccccc3[S+]2C2CCCCCCC21. The Balaban J connectivity index is 0.000000216. The zero-order valence-electron chi connectivity index (χ0n) is 18.3.